The standard InChI is InChI=1S/C16H21Cl3N2O2/c17-5-1-2-16(22)20-9-13-11-21(6-7-23-13)10-12-3-4-14(18)15(19)8-12/h3-4,8,13H,1-2,5-7,9-11H2,(H,20,22). The number of morpholine rings is 1. The number of rotatable bonds is 7. The number of alkyl halides is 1. The fraction of sp³-hybridized carbons (Fsp3) is 0.562. The number of carbonyl (C=O) groups excluding carboxylic acids is 1. The van der Waals surface area contributed by atoms with Crippen LogP contribution in [0.15, 0.2) is 18.2 Å². The summed E-state index contributed by atoms with van der Waals surface area (Å²) >= 11 is 17.6. The minimum Gasteiger partial charge on any atom is -0.374 e. The van der Waals surface area contributed by atoms with Gasteiger partial charge >= 0.3 is 0 Å². The van der Waals surface area contributed by atoms with Gasteiger partial charge in [-0.2, -0.15) is 0 Å². The first-order valence-electron chi connectivity index (χ1n) is 7.69. The van der Waals surface area contributed by atoms with Gasteiger partial charge in [-0.05, 0) is 24.1 Å². The summed E-state index contributed by atoms with van der Waals surface area (Å²) in [4.78, 5) is 13.9. The highest BCUT2D eigenvalue weighted by Crippen LogP contribution is 2.23. The number of hydrogen-bond donors (Lipinski definition) is 1. The molecule has 0 bridgehead atoms. The molecule has 1 aromatic rings. The molecule has 7 heteroatoms. The third-order valence-corrected chi connectivity index (χ3v) is 4.68. The Hall–Kier alpha value is -0.520. The second kappa shape index (κ2) is 9.70. The van der Waals surface area contributed by atoms with Crippen molar-refractivity contribution in [3.63, 3.8) is 0 Å². The first-order valence-corrected chi connectivity index (χ1v) is 8.98. The van der Waals surface area contributed by atoms with Crippen LogP contribution < -0.4 is 5.32 Å². The van der Waals surface area contributed by atoms with Crippen LogP contribution in [0.25, 0.3) is 0 Å². The predicted octanol–water partition coefficient (Wildman–Crippen LogP) is 3.33. The third-order valence-electron chi connectivity index (χ3n) is 3.68. The van der Waals surface area contributed by atoms with E-state index < -0.39 is 0 Å². The third kappa shape index (κ3) is 6.48. The number of nitrogens with zero attached hydrogens (tertiary/aromatic N) is 1. The quantitative estimate of drug-likeness (QED) is 0.739. The maximum absolute atomic E-state index is 11.6. The molecule has 1 amide bonds. The van der Waals surface area contributed by atoms with Gasteiger partial charge in [0.05, 0.1) is 22.8 Å². The maximum atomic E-state index is 11.6. The van der Waals surface area contributed by atoms with Crippen LogP contribution in [0, 0.1) is 0 Å². The van der Waals surface area contributed by atoms with E-state index in [9.17, 15) is 4.79 Å². The zero-order valence-electron chi connectivity index (χ0n) is 12.9. The second-order valence-electron chi connectivity index (χ2n) is 5.57. The van der Waals surface area contributed by atoms with Crippen molar-refractivity contribution < 1.29 is 9.53 Å². The summed E-state index contributed by atoms with van der Waals surface area (Å²) in [6.45, 7) is 3.60. The van der Waals surface area contributed by atoms with Crippen molar-refractivity contribution in [1.82, 2.24) is 10.2 Å². The minimum atomic E-state index is 0.00599. The van der Waals surface area contributed by atoms with Gasteiger partial charge in [-0.25, -0.2) is 0 Å². The van der Waals surface area contributed by atoms with E-state index in [4.69, 9.17) is 39.5 Å². The lowest BCUT2D eigenvalue weighted by Crippen LogP contribution is -2.47. The summed E-state index contributed by atoms with van der Waals surface area (Å²) < 4.78 is 5.71. The molecular weight excluding hydrogens is 359 g/mol. The lowest BCUT2D eigenvalue weighted by molar-refractivity contribution is -0.122. The van der Waals surface area contributed by atoms with Gasteiger partial charge < -0.3 is 10.1 Å². The van der Waals surface area contributed by atoms with Gasteiger partial charge in [0.1, 0.15) is 0 Å². The molecule has 0 aromatic heterocycles. The number of amides is 1. The van der Waals surface area contributed by atoms with E-state index in [-0.39, 0.29) is 12.0 Å². The van der Waals surface area contributed by atoms with Crippen molar-refractivity contribution in [3.8, 4) is 0 Å². The van der Waals surface area contributed by atoms with Crippen molar-refractivity contribution in [2.24, 2.45) is 0 Å². The minimum absolute atomic E-state index is 0.00599. The van der Waals surface area contributed by atoms with E-state index in [1.165, 1.54) is 0 Å². The Kier molecular flexibility index (Phi) is 7.93. The Bertz CT molecular complexity index is 528. The Labute approximate surface area is 152 Å². The van der Waals surface area contributed by atoms with Crippen LogP contribution in [0.5, 0.6) is 0 Å². The van der Waals surface area contributed by atoms with E-state index in [2.05, 4.69) is 10.2 Å². The molecule has 1 saturated heterocycles. The lowest BCUT2D eigenvalue weighted by atomic mass is 10.2. The first kappa shape index (κ1) is 18.8. The van der Waals surface area contributed by atoms with Crippen LogP contribution in [0.3, 0.4) is 0 Å². The monoisotopic (exact) mass is 378 g/mol. The SMILES string of the molecule is O=C(CCCCl)NCC1CN(Cc2ccc(Cl)c(Cl)c2)CCO1. The van der Waals surface area contributed by atoms with Crippen LogP contribution in [-0.4, -0.2) is 49.0 Å². The van der Waals surface area contributed by atoms with Crippen molar-refractivity contribution in [3.05, 3.63) is 33.8 Å². The highest BCUT2D eigenvalue weighted by Gasteiger charge is 2.21. The number of ether oxygens (including phenoxy) is 1. The van der Waals surface area contributed by atoms with E-state index in [1.54, 1.807) is 0 Å². The highest BCUT2D eigenvalue weighted by molar-refractivity contribution is 6.42. The zero-order valence-corrected chi connectivity index (χ0v) is 15.1. The summed E-state index contributed by atoms with van der Waals surface area (Å²) in [7, 11) is 0. The first-order chi connectivity index (χ1) is 11.1. The van der Waals surface area contributed by atoms with Gasteiger partial charge in [0, 0.05) is 38.5 Å². The fourth-order valence-corrected chi connectivity index (χ4v) is 2.94. The normalized spacial score (nSPS) is 18.8. The second-order valence-corrected chi connectivity index (χ2v) is 6.77. The molecule has 1 fully saturated rings. The molecule has 1 aliphatic heterocycles. The van der Waals surface area contributed by atoms with Crippen molar-refractivity contribution in [2.45, 2.75) is 25.5 Å². The molecule has 1 aromatic carbocycles. The van der Waals surface area contributed by atoms with Crippen molar-refractivity contribution >= 4 is 40.7 Å². The van der Waals surface area contributed by atoms with Crippen LogP contribution in [0.2, 0.25) is 10.0 Å². The Morgan fingerprint density at radius 1 is 1.35 bits per heavy atom. The molecule has 1 heterocycles. The zero-order chi connectivity index (χ0) is 16.7. The average Bonchev–Trinajstić information content (AvgIpc) is 2.55. The summed E-state index contributed by atoms with van der Waals surface area (Å²) in [6.07, 6.45) is 1.16. The molecule has 1 unspecified atom stereocenters. The van der Waals surface area contributed by atoms with Crippen molar-refractivity contribution in [2.75, 3.05) is 32.1 Å². The Balaban J connectivity index is 1.78. The molecule has 0 aliphatic carbocycles. The molecule has 0 radical (unpaired) electrons. The van der Waals surface area contributed by atoms with Crippen LogP contribution in [0.4, 0.5) is 0 Å². The van der Waals surface area contributed by atoms with Gasteiger partial charge in [-0.15, -0.1) is 11.6 Å². The molecule has 4 nitrogen and oxygen atoms in total. The van der Waals surface area contributed by atoms with Gasteiger partial charge in [-0.1, -0.05) is 29.3 Å². The number of halogens is 3. The van der Waals surface area contributed by atoms with E-state index >= 15 is 0 Å². The summed E-state index contributed by atoms with van der Waals surface area (Å²) in [5.41, 5.74) is 1.12. The maximum Gasteiger partial charge on any atom is 0.220 e. The summed E-state index contributed by atoms with van der Waals surface area (Å²) in [5, 5.41) is 4.04. The average molecular weight is 380 g/mol. The molecule has 23 heavy (non-hydrogen) atoms. The molecule has 1 aliphatic rings. The molecule has 1 atom stereocenters. The largest absolute Gasteiger partial charge is 0.374 e. The predicted molar refractivity (Wildman–Crippen MR) is 94.4 cm³/mol. The van der Waals surface area contributed by atoms with E-state index in [0.717, 1.165) is 25.2 Å². The van der Waals surface area contributed by atoms with E-state index in [1.807, 2.05) is 18.2 Å². The smallest absolute Gasteiger partial charge is 0.220 e. The summed E-state index contributed by atoms with van der Waals surface area (Å²) in [6, 6.07) is 5.68. The van der Waals surface area contributed by atoms with Crippen LogP contribution in [0.1, 0.15) is 18.4 Å². The lowest BCUT2D eigenvalue weighted by Gasteiger charge is -2.33. The van der Waals surface area contributed by atoms with Gasteiger partial charge in [0.25, 0.3) is 0 Å². The molecule has 2 rings (SSSR count). The number of nitrogens with one attached hydrogen (secondary N) is 1. The van der Waals surface area contributed by atoms with Crippen molar-refractivity contribution in [1.29, 1.82) is 0 Å². The molecule has 128 valence electrons. The molecule has 0 saturated carbocycles. The Morgan fingerprint density at radius 2 is 2.17 bits per heavy atom. The summed E-state index contributed by atoms with van der Waals surface area (Å²) in [5.74, 6) is 0.529. The molecule has 0 spiro atoms. The highest BCUT2D eigenvalue weighted by atomic mass is 35.5. The number of carbonyl (C=O) groups is 1. The van der Waals surface area contributed by atoms with Gasteiger partial charge in [0.2, 0.25) is 5.91 Å². The number of benzene rings is 1. The van der Waals surface area contributed by atoms with Gasteiger partial charge in [-0.3, -0.25) is 9.69 Å². The number of hydrogen-bond acceptors (Lipinski definition) is 3. The van der Waals surface area contributed by atoms with Gasteiger partial charge in [0.15, 0.2) is 0 Å². The molecule has 1 N–H and O–H groups in total. The fourth-order valence-electron chi connectivity index (χ4n) is 2.49. The topological polar surface area (TPSA) is 41.6 Å². The molecular formula is C16H21Cl3N2O2. The van der Waals surface area contributed by atoms with Crippen LogP contribution in [-0.2, 0) is 16.1 Å². The Morgan fingerprint density at radius 3 is 2.91 bits per heavy atom. The van der Waals surface area contributed by atoms with Crippen LogP contribution >= 0.6 is 34.8 Å². The van der Waals surface area contributed by atoms with E-state index in [0.29, 0.717) is 41.9 Å².